The Hall–Kier alpha value is -0.860. The Balaban J connectivity index is 2.19. The molecule has 5 atom stereocenters. The number of ether oxygens (including phenoxy) is 1. The van der Waals surface area contributed by atoms with E-state index in [1.54, 1.807) is 0 Å². The van der Waals surface area contributed by atoms with Gasteiger partial charge in [-0.2, -0.15) is 0 Å². The summed E-state index contributed by atoms with van der Waals surface area (Å²) >= 11 is 0. The number of rotatable bonds is 4. The summed E-state index contributed by atoms with van der Waals surface area (Å²) in [7, 11) is 0. The smallest absolute Gasteiger partial charge is 0.0846 e. The topological polar surface area (TPSA) is 29.5 Å². The molecule has 1 aliphatic heterocycles. The maximum atomic E-state index is 10.7. The number of hydrogen-bond acceptors (Lipinski definition) is 2. The molecule has 2 rings (SSSR count). The summed E-state index contributed by atoms with van der Waals surface area (Å²) < 4.78 is 5.85. The lowest BCUT2D eigenvalue weighted by Gasteiger charge is -2.25. The fraction of sp³-hybridized carbons (Fsp3) is 0.647. The van der Waals surface area contributed by atoms with Crippen LogP contribution in [0.3, 0.4) is 0 Å². The van der Waals surface area contributed by atoms with Crippen molar-refractivity contribution >= 4 is 0 Å². The van der Waals surface area contributed by atoms with E-state index in [-0.39, 0.29) is 18.1 Å². The van der Waals surface area contributed by atoms with Crippen molar-refractivity contribution in [2.24, 2.45) is 11.8 Å². The molecule has 0 amide bonds. The first-order valence-electron chi connectivity index (χ1n) is 7.47. The van der Waals surface area contributed by atoms with Crippen LogP contribution in [-0.2, 0) is 11.2 Å². The van der Waals surface area contributed by atoms with Gasteiger partial charge in [0.15, 0.2) is 0 Å². The van der Waals surface area contributed by atoms with Crippen LogP contribution in [0.4, 0.5) is 0 Å². The van der Waals surface area contributed by atoms with Crippen LogP contribution in [0.25, 0.3) is 0 Å². The average molecular weight is 262 g/mol. The first kappa shape index (κ1) is 14.5. The zero-order valence-corrected chi connectivity index (χ0v) is 12.5. The fourth-order valence-electron chi connectivity index (χ4n) is 3.28. The number of hydrogen-bond donors (Lipinski definition) is 1. The molecule has 1 aromatic rings. The molecule has 2 heteroatoms. The first-order chi connectivity index (χ1) is 9.04. The fourth-order valence-corrected chi connectivity index (χ4v) is 3.28. The summed E-state index contributed by atoms with van der Waals surface area (Å²) in [4.78, 5) is 0. The molecule has 0 saturated carbocycles. The van der Waals surface area contributed by atoms with Gasteiger partial charge in [0.1, 0.15) is 0 Å². The van der Waals surface area contributed by atoms with Crippen molar-refractivity contribution in [2.75, 3.05) is 0 Å². The Morgan fingerprint density at radius 1 is 1.21 bits per heavy atom. The third-order valence-electron chi connectivity index (χ3n) is 4.51. The number of aliphatic hydroxyl groups excluding tert-OH is 1. The average Bonchev–Trinajstić information content (AvgIpc) is 2.63. The van der Waals surface area contributed by atoms with Gasteiger partial charge in [0.05, 0.1) is 18.3 Å². The molecule has 1 heterocycles. The highest BCUT2D eigenvalue weighted by atomic mass is 16.5. The van der Waals surface area contributed by atoms with Crippen LogP contribution in [0.15, 0.2) is 24.3 Å². The Kier molecular flexibility index (Phi) is 4.64. The van der Waals surface area contributed by atoms with Gasteiger partial charge < -0.3 is 9.84 Å². The molecule has 1 aliphatic rings. The van der Waals surface area contributed by atoms with Crippen molar-refractivity contribution in [2.45, 2.75) is 58.8 Å². The van der Waals surface area contributed by atoms with Crippen LogP contribution in [0.1, 0.15) is 51.3 Å². The van der Waals surface area contributed by atoms with Crippen LogP contribution in [0.5, 0.6) is 0 Å². The highest BCUT2D eigenvalue weighted by Gasteiger charge is 2.41. The van der Waals surface area contributed by atoms with Crippen LogP contribution in [0.2, 0.25) is 0 Å². The highest BCUT2D eigenvalue weighted by molar-refractivity contribution is 5.26. The lowest BCUT2D eigenvalue weighted by Crippen LogP contribution is -2.25. The van der Waals surface area contributed by atoms with Gasteiger partial charge in [0.2, 0.25) is 0 Å². The maximum Gasteiger partial charge on any atom is 0.0846 e. The minimum absolute atomic E-state index is 0.120. The van der Waals surface area contributed by atoms with Crippen molar-refractivity contribution in [1.82, 2.24) is 0 Å². The molecule has 1 fully saturated rings. The molecule has 1 aromatic carbocycles. The minimum Gasteiger partial charge on any atom is -0.388 e. The van der Waals surface area contributed by atoms with E-state index in [4.69, 9.17) is 4.74 Å². The van der Waals surface area contributed by atoms with Crippen LogP contribution >= 0.6 is 0 Å². The molecule has 5 unspecified atom stereocenters. The molecule has 0 bridgehead atoms. The zero-order chi connectivity index (χ0) is 14.0. The van der Waals surface area contributed by atoms with Gasteiger partial charge in [-0.25, -0.2) is 0 Å². The standard InChI is InChI=1S/C17H26O2/c1-5-7-14-8-6-9-15(10-14)17(18)16-11(2)12(3)19-13(16)4/h6,8-13,16-18H,5,7H2,1-4H3. The zero-order valence-electron chi connectivity index (χ0n) is 12.5. The second-order valence-corrected chi connectivity index (χ2v) is 5.92. The van der Waals surface area contributed by atoms with E-state index >= 15 is 0 Å². The van der Waals surface area contributed by atoms with Crippen molar-refractivity contribution < 1.29 is 9.84 Å². The largest absolute Gasteiger partial charge is 0.388 e. The monoisotopic (exact) mass is 262 g/mol. The van der Waals surface area contributed by atoms with E-state index in [0.717, 1.165) is 18.4 Å². The summed E-state index contributed by atoms with van der Waals surface area (Å²) in [5, 5.41) is 10.7. The Bertz CT molecular complexity index is 415. The Morgan fingerprint density at radius 2 is 1.95 bits per heavy atom. The second-order valence-electron chi connectivity index (χ2n) is 5.92. The number of aryl methyl sites for hydroxylation is 1. The summed E-state index contributed by atoms with van der Waals surface area (Å²) in [6.07, 6.45) is 2.13. The van der Waals surface area contributed by atoms with Crippen LogP contribution in [-0.4, -0.2) is 17.3 Å². The van der Waals surface area contributed by atoms with E-state index in [0.29, 0.717) is 5.92 Å². The third kappa shape index (κ3) is 3.01. The minimum atomic E-state index is -0.424. The molecule has 0 aromatic heterocycles. The Labute approximate surface area is 116 Å². The van der Waals surface area contributed by atoms with E-state index in [1.165, 1.54) is 5.56 Å². The van der Waals surface area contributed by atoms with E-state index in [1.807, 2.05) is 6.07 Å². The van der Waals surface area contributed by atoms with Crippen molar-refractivity contribution in [3.8, 4) is 0 Å². The van der Waals surface area contributed by atoms with Gasteiger partial charge in [-0.15, -0.1) is 0 Å². The SMILES string of the molecule is CCCc1cccc(C(O)C2C(C)OC(C)C2C)c1. The second kappa shape index (κ2) is 6.06. The van der Waals surface area contributed by atoms with Gasteiger partial charge in [-0.3, -0.25) is 0 Å². The molecular formula is C17H26O2. The third-order valence-corrected chi connectivity index (χ3v) is 4.51. The van der Waals surface area contributed by atoms with Crippen LogP contribution < -0.4 is 0 Å². The predicted octanol–water partition coefficient (Wildman–Crippen LogP) is 3.73. The summed E-state index contributed by atoms with van der Waals surface area (Å²) in [6, 6.07) is 8.38. The van der Waals surface area contributed by atoms with E-state index in [2.05, 4.69) is 45.9 Å². The maximum absolute atomic E-state index is 10.7. The summed E-state index contributed by atoms with van der Waals surface area (Å²) in [6.45, 7) is 8.53. The normalized spacial score (nSPS) is 32.5. The van der Waals surface area contributed by atoms with Crippen LogP contribution in [0, 0.1) is 11.8 Å². The number of aliphatic hydroxyl groups is 1. The highest BCUT2D eigenvalue weighted by Crippen LogP contribution is 2.40. The Morgan fingerprint density at radius 3 is 2.53 bits per heavy atom. The van der Waals surface area contributed by atoms with Crippen molar-refractivity contribution in [3.05, 3.63) is 35.4 Å². The van der Waals surface area contributed by atoms with Crippen molar-refractivity contribution in [1.29, 1.82) is 0 Å². The molecule has 1 N–H and O–H groups in total. The van der Waals surface area contributed by atoms with Gasteiger partial charge in [-0.05, 0) is 37.3 Å². The quantitative estimate of drug-likeness (QED) is 0.896. The molecular weight excluding hydrogens is 236 g/mol. The molecule has 0 aliphatic carbocycles. The van der Waals surface area contributed by atoms with Gasteiger partial charge in [-0.1, -0.05) is 44.5 Å². The molecule has 1 saturated heterocycles. The summed E-state index contributed by atoms with van der Waals surface area (Å²) in [5.74, 6) is 0.576. The van der Waals surface area contributed by atoms with E-state index in [9.17, 15) is 5.11 Å². The van der Waals surface area contributed by atoms with Gasteiger partial charge in [0, 0.05) is 5.92 Å². The first-order valence-corrected chi connectivity index (χ1v) is 7.47. The number of benzene rings is 1. The lowest BCUT2D eigenvalue weighted by atomic mass is 9.82. The van der Waals surface area contributed by atoms with Gasteiger partial charge in [0.25, 0.3) is 0 Å². The molecule has 0 radical (unpaired) electrons. The lowest BCUT2D eigenvalue weighted by molar-refractivity contribution is 0.0231. The molecule has 19 heavy (non-hydrogen) atoms. The van der Waals surface area contributed by atoms with Gasteiger partial charge >= 0.3 is 0 Å². The molecule has 0 spiro atoms. The van der Waals surface area contributed by atoms with E-state index < -0.39 is 6.10 Å². The molecule has 106 valence electrons. The summed E-state index contributed by atoms with van der Waals surface area (Å²) in [5.41, 5.74) is 2.35. The van der Waals surface area contributed by atoms with Crippen molar-refractivity contribution in [3.63, 3.8) is 0 Å². The molecule has 2 nitrogen and oxygen atoms in total. The predicted molar refractivity (Wildman–Crippen MR) is 78.1 cm³/mol.